The molecule has 0 saturated heterocycles. The third-order valence-corrected chi connectivity index (χ3v) is 16.4. The summed E-state index contributed by atoms with van der Waals surface area (Å²) in [5.74, 6) is 2.83. The first-order valence-electron chi connectivity index (χ1n) is 25.6. The Morgan fingerprint density at radius 3 is 1.83 bits per heavy atom. The highest BCUT2D eigenvalue weighted by Crippen LogP contribution is 2.57. The first kappa shape index (κ1) is 43.8. The summed E-state index contributed by atoms with van der Waals surface area (Å²) in [5.41, 5.74) is 21.1. The summed E-state index contributed by atoms with van der Waals surface area (Å²) in [6.45, 7) is 25.7. The Labute approximate surface area is 419 Å². The number of hydrogen-bond acceptors (Lipinski definition) is 5. The van der Waals surface area contributed by atoms with E-state index in [1.54, 1.807) is 0 Å². The average Bonchev–Trinajstić information content (AvgIpc) is 3.73. The van der Waals surface area contributed by atoms with Crippen LogP contribution in [0.3, 0.4) is 0 Å². The molecule has 0 amide bonds. The van der Waals surface area contributed by atoms with Gasteiger partial charge in [0, 0.05) is 56.4 Å². The zero-order chi connectivity index (χ0) is 49.1. The zero-order valence-corrected chi connectivity index (χ0v) is 43.0. The maximum absolute atomic E-state index is 6.90. The van der Waals surface area contributed by atoms with E-state index in [4.69, 9.17) is 13.9 Å². The Morgan fingerprint density at radius 2 is 1.13 bits per heavy atom. The molecule has 0 N–H and O–H groups in total. The molecule has 4 aliphatic rings. The number of nitrogens with zero attached hydrogens (tertiary/aromatic N) is 2. The molecular weight excluding hydrogens is 868 g/mol. The van der Waals surface area contributed by atoms with Gasteiger partial charge in [-0.15, -0.1) is 0 Å². The first-order valence-corrected chi connectivity index (χ1v) is 25.6. The number of aryl methyl sites for hydroxylation is 1. The number of hydrogen-bond donors (Lipinski definition) is 0. The number of rotatable bonds is 3. The SMILES string of the molecule is Cc1cc2c(cc1N1c3cc4c(cc3B3c5c(cc(C(C)(C)C)cc51)-c1c(ccc5oc6ccccc6c15)N3c1ccc(C(C)(C)C)cc1-c1ccccc1)Oc1ccccc1O4)C(C)(C)CCC2(C)C. The Hall–Kier alpha value is -7.18. The number of fused-ring (bicyclic) bond motifs is 11. The van der Waals surface area contributed by atoms with Gasteiger partial charge < -0.3 is 23.6 Å². The summed E-state index contributed by atoms with van der Waals surface area (Å²) in [5, 5.41) is 2.24. The molecule has 0 spiro atoms. The number of para-hydroxylation sites is 3. The largest absolute Gasteiger partial charge is 0.456 e. The highest BCUT2D eigenvalue weighted by Gasteiger charge is 2.49. The highest BCUT2D eigenvalue weighted by atomic mass is 16.6. The van der Waals surface area contributed by atoms with Gasteiger partial charge in [0.1, 0.15) is 11.2 Å². The predicted molar refractivity (Wildman–Crippen MR) is 297 cm³/mol. The molecule has 0 bridgehead atoms. The molecule has 6 heteroatoms. The van der Waals surface area contributed by atoms with E-state index in [0.29, 0.717) is 23.0 Å². The van der Waals surface area contributed by atoms with Crippen LogP contribution in [0.4, 0.5) is 28.4 Å². The normalized spacial score (nSPS) is 16.1. The van der Waals surface area contributed by atoms with Gasteiger partial charge in [-0.25, -0.2) is 0 Å². The van der Waals surface area contributed by atoms with Crippen molar-refractivity contribution in [1.29, 1.82) is 0 Å². The van der Waals surface area contributed by atoms with Crippen molar-refractivity contribution in [3.05, 3.63) is 173 Å². The fourth-order valence-electron chi connectivity index (χ4n) is 12.3. The highest BCUT2D eigenvalue weighted by molar-refractivity contribution is 6.94. The van der Waals surface area contributed by atoms with E-state index in [2.05, 4.69) is 207 Å². The van der Waals surface area contributed by atoms with E-state index in [-0.39, 0.29) is 28.5 Å². The average molecular weight is 929 g/mol. The molecule has 5 nitrogen and oxygen atoms in total. The van der Waals surface area contributed by atoms with Gasteiger partial charge in [0.25, 0.3) is 0 Å². The van der Waals surface area contributed by atoms with Crippen LogP contribution in [0, 0.1) is 6.92 Å². The minimum absolute atomic E-state index is 0.00556. The maximum atomic E-state index is 6.90. The summed E-state index contributed by atoms with van der Waals surface area (Å²) in [7, 11) is 0. The second-order valence-electron chi connectivity index (χ2n) is 24.1. The minimum atomic E-state index is -0.286. The Morgan fingerprint density at radius 1 is 0.507 bits per heavy atom. The maximum Gasteiger partial charge on any atom is 0.333 e. The van der Waals surface area contributed by atoms with Crippen LogP contribution in [-0.2, 0) is 21.7 Å². The van der Waals surface area contributed by atoms with Gasteiger partial charge in [0.2, 0.25) is 0 Å². The van der Waals surface area contributed by atoms with Gasteiger partial charge >= 0.3 is 6.85 Å². The lowest BCUT2D eigenvalue weighted by Crippen LogP contribution is -2.62. The molecular formula is C65H61BN2O3. The van der Waals surface area contributed by atoms with Crippen molar-refractivity contribution in [1.82, 2.24) is 0 Å². The molecule has 9 aromatic rings. The smallest absolute Gasteiger partial charge is 0.333 e. The van der Waals surface area contributed by atoms with Gasteiger partial charge in [0.05, 0.1) is 0 Å². The summed E-state index contributed by atoms with van der Waals surface area (Å²) in [4.78, 5) is 5.24. The van der Waals surface area contributed by atoms with Gasteiger partial charge in [0.15, 0.2) is 23.0 Å². The van der Waals surface area contributed by atoms with Gasteiger partial charge in [-0.2, -0.15) is 0 Å². The molecule has 13 rings (SSSR count). The molecule has 4 heterocycles. The van der Waals surface area contributed by atoms with Crippen molar-refractivity contribution in [2.24, 2.45) is 0 Å². The molecule has 3 aliphatic heterocycles. The van der Waals surface area contributed by atoms with Crippen LogP contribution in [-0.4, -0.2) is 6.85 Å². The van der Waals surface area contributed by atoms with Crippen molar-refractivity contribution in [3.63, 3.8) is 0 Å². The summed E-state index contributed by atoms with van der Waals surface area (Å²) in [6, 6.07) is 53.8. The van der Waals surface area contributed by atoms with Crippen molar-refractivity contribution in [2.45, 2.75) is 111 Å². The lowest BCUT2D eigenvalue weighted by atomic mass is 9.43. The van der Waals surface area contributed by atoms with Crippen LogP contribution < -0.4 is 30.1 Å². The summed E-state index contributed by atoms with van der Waals surface area (Å²) >= 11 is 0. The Balaban J connectivity index is 1.20. The summed E-state index contributed by atoms with van der Waals surface area (Å²) in [6.07, 6.45) is 2.28. The van der Waals surface area contributed by atoms with Crippen LogP contribution in [0.1, 0.15) is 110 Å². The predicted octanol–water partition coefficient (Wildman–Crippen LogP) is 17.1. The van der Waals surface area contributed by atoms with Crippen LogP contribution in [0.5, 0.6) is 23.0 Å². The van der Waals surface area contributed by atoms with Crippen molar-refractivity contribution in [3.8, 4) is 45.3 Å². The second kappa shape index (κ2) is 14.9. The van der Waals surface area contributed by atoms with Crippen LogP contribution in [0.15, 0.2) is 150 Å². The van der Waals surface area contributed by atoms with Crippen molar-refractivity contribution in [2.75, 3.05) is 9.71 Å². The minimum Gasteiger partial charge on any atom is -0.456 e. The topological polar surface area (TPSA) is 38.1 Å². The summed E-state index contributed by atoms with van der Waals surface area (Å²) < 4.78 is 20.6. The number of anilines is 5. The van der Waals surface area contributed by atoms with E-state index in [1.165, 1.54) is 66.9 Å². The Bertz CT molecular complexity index is 3720. The van der Waals surface area contributed by atoms with Gasteiger partial charge in [-0.1, -0.05) is 148 Å². The third-order valence-electron chi connectivity index (χ3n) is 16.4. The first-order chi connectivity index (χ1) is 33.9. The molecule has 71 heavy (non-hydrogen) atoms. The molecule has 1 aliphatic carbocycles. The molecule has 0 radical (unpaired) electrons. The standard InChI is InChI=1S/C65H61BN2O3/c1-38-31-45-46(65(10,11)30-29-64(45,8)9)35-50(38)67-51-37-58-57(70-54-23-17-18-24-55(54)71-58)36-47(51)66-61-44(33-41(34-52(61)67)63(5,6)7)59-49(27-28-56-60(59)42-21-15-16-22-53(42)69-56)68(66)48-26-25-40(62(2,3)4)32-43(48)39-19-13-12-14-20-39/h12-28,31-37H,29-30H2,1-11H3. The zero-order valence-electron chi connectivity index (χ0n) is 43.0. The number of benzene rings is 8. The third kappa shape index (κ3) is 6.59. The quantitative estimate of drug-likeness (QED) is 0.165. The van der Waals surface area contributed by atoms with E-state index >= 15 is 0 Å². The van der Waals surface area contributed by atoms with Gasteiger partial charge in [-0.3, -0.25) is 0 Å². The van der Waals surface area contributed by atoms with Crippen LogP contribution in [0.2, 0.25) is 0 Å². The molecule has 8 aromatic carbocycles. The lowest BCUT2D eigenvalue weighted by molar-refractivity contribution is 0.332. The Kier molecular flexibility index (Phi) is 9.21. The molecule has 352 valence electrons. The molecule has 0 unspecified atom stereocenters. The van der Waals surface area contributed by atoms with Crippen LogP contribution >= 0.6 is 0 Å². The second-order valence-corrected chi connectivity index (χ2v) is 24.1. The van der Waals surface area contributed by atoms with E-state index < -0.39 is 0 Å². The van der Waals surface area contributed by atoms with Crippen molar-refractivity contribution < 1.29 is 13.9 Å². The van der Waals surface area contributed by atoms with E-state index in [1.807, 2.05) is 24.3 Å². The van der Waals surface area contributed by atoms with E-state index in [9.17, 15) is 0 Å². The lowest BCUT2D eigenvalue weighted by Gasteiger charge is -2.48. The monoisotopic (exact) mass is 928 g/mol. The number of ether oxygens (including phenoxy) is 2. The fourth-order valence-corrected chi connectivity index (χ4v) is 12.3. The fraction of sp³-hybridized carbons (Fsp3) is 0.262. The van der Waals surface area contributed by atoms with Crippen molar-refractivity contribution >= 4 is 68.1 Å². The van der Waals surface area contributed by atoms with E-state index in [0.717, 1.165) is 57.3 Å². The molecule has 0 saturated carbocycles. The van der Waals surface area contributed by atoms with Crippen LogP contribution in [0.25, 0.3) is 44.2 Å². The van der Waals surface area contributed by atoms with Gasteiger partial charge in [-0.05, 0) is 152 Å². The number of furan rings is 1. The molecule has 0 fully saturated rings. The molecule has 0 atom stereocenters. The molecule has 1 aromatic heterocycles.